The third kappa shape index (κ3) is 5.45. The Hall–Kier alpha value is -2.57. The van der Waals surface area contributed by atoms with E-state index in [0.29, 0.717) is 11.3 Å². The molecule has 4 nitrogen and oxygen atoms in total. The number of anilines is 1. The summed E-state index contributed by atoms with van der Waals surface area (Å²) in [5.41, 5.74) is 1.71. The molecule has 138 valence electrons. The first-order valence-electron chi connectivity index (χ1n) is 8.49. The maximum absolute atomic E-state index is 12.9. The molecule has 27 heavy (non-hydrogen) atoms. The average Bonchev–Trinajstić information content (AvgIpc) is 3.23. The number of thioether (sulfide) groups is 1. The predicted octanol–water partition coefficient (Wildman–Crippen LogP) is 4.45. The van der Waals surface area contributed by atoms with E-state index in [1.165, 1.54) is 11.3 Å². The number of thiophene rings is 1. The lowest BCUT2D eigenvalue weighted by Gasteiger charge is -2.18. The maximum Gasteiger partial charge on any atom is 0.262 e. The van der Waals surface area contributed by atoms with Crippen molar-refractivity contribution in [3.05, 3.63) is 82.6 Å². The summed E-state index contributed by atoms with van der Waals surface area (Å²) in [7, 11) is 0. The van der Waals surface area contributed by atoms with Gasteiger partial charge in [-0.3, -0.25) is 9.59 Å². The van der Waals surface area contributed by atoms with Gasteiger partial charge in [0.25, 0.3) is 5.91 Å². The summed E-state index contributed by atoms with van der Waals surface area (Å²) in [5.74, 6) is -0.471. The molecule has 2 N–H and O–H groups in total. The fourth-order valence-electron chi connectivity index (χ4n) is 2.63. The summed E-state index contributed by atoms with van der Waals surface area (Å²) in [6, 6.07) is 20.2. The molecule has 0 saturated heterocycles. The average molecular weight is 397 g/mol. The summed E-state index contributed by atoms with van der Waals surface area (Å²) < 4.78 is 0. The van der Waals surface area contributed by atoms with Gasteiger partial charge in [0.2, 0.25) is 5.91 Å². The molecule has 0 spiro atoms. The summed E-state index contributed by atoms with van der Waals surface area (Å²) in [5, 5.41) is 7.64. The molecule has 0 aliphatic rings. The Labute approximate surface area is 167 Å². The minimum absolute atomic E-state index is 0.234. The van der Waals surface area contributed by atoms with Gasteiger partial charge in [0.05, 0.1) is 4.88 Å². The van der Waals surface area contributed by atoms with Crippen LogP contribution >= 0.6 is 23.1 Å². The second kappa shape index (κ2) is 9.39. The van der Waals surface area contributed by atoms with Gasteiger partial charge in [0.1, 0.15) is 6.04 Å². The van der Waals surface area contributed by atoms with E-state index in [4.69, 9.17) is 0 Å². The zero-order valence-electron chi connectivity index (χ0n) is 14.8. The quantitative estimate of drug-likeness (QED) is 0.580. The zero-order chi connectivity index (χ0) is 19.1. The van der Waals surface area contributed by atoms with Gasteiger partial charge in [-0.2, -0.15) is 0 Å². The van der Waals surface area contributed by atoms with E-state index in [2.05, 4.69) is 10.6 Å². The summed E-state index contributed by atoms with van der Waals surface area (Å²) in [4.78, 5) is 27.0. The highest BCUT2D eigenvalue weighted by atomic mass is 32.2. The van der Waals surface area contributed by atoms with Gasteiger partial charge >= 0.3 is 0 Å². The van der Waals surface area contributed by atoms with Gasteiger partial charge in [-0.15, -0.1) is 23.1 Å². The van der Waals surface area contributed by atoms with Crippen LogP contribution in [0.1, 0.15) is 15.2 Å². The fourth-order valence-corrected chi connectivity index (χ4v) is 3.71. The fraction of sp³-hybridized carbons (Fsp3) is 0.143. The lowest BCUT2D eigenvalue weighted by atomic mass is 10.0. The molecule has 3 rings (SSSR count). The van der Waals surface area contributed by atoms with Crippen LogP contribution in [-0.2, 0) is 11.2 Å². The van der Waals surface area contributed by atoms with Crippen molar-refractivity contribution < 1.29 is 9.59 Å². The number of carbonyl (C=O) groups is 2. The van der Waals surface area contributed by atoms with Crippen molar-refractivity contribution in [2.75, 3.05) is 11.6 Å². The standard InChI is InChI=1S/C21H20N2O2S2/c1-26-17-10-5-9-16(14-17)22-20(24)18(13-15-7-3-2-4-8-15)23-21(25)19-11-6-12-27-19/h2-12,14,18H,13H2,1H3,(H,22,24)(H,23,25). The van der Waals surface area contributed by atoms with Crippen LogP contribution in [0.4, 0.5) is 5.69 Å². The van der Waals surface area contributed by atoms with E-state index in [0.717, 1.165) is 16.1 Å². The number of rotatable bonds is 7. The van der Waals surface area contributed by atoms with E-state index < -0.39 is 6.04 Å². The molecule has 1 atom stereocenters. The van der Waals surface area contributed by atoms with Crippen molar-refractivity contribution in [3.8, 4) is 0 Å². The van der Waals surface area contributed by atoms with Gasteiger partial charge in [0, 0.05) is 17.0 Å². The minimum atomic E-state index is -0.667. The Morgan fingerprint density at radius 3 is 2.56 bits per heavy atom. The summed E-state index contributed by atoms with van der Waals surface area (Å²) in [6.45, 7) is 0. The number of hydrogen-bond donors (Lipinski definition) is 2. The monoisotopic (exact) mass is 396 g/mol. The highest BCUT2D eigenvalue weighted by molar-refractivity contribution is 7.98. The molecular weight excluding hydrogens is 376 g/mol. The maximum atomic E-state index is 12.9. The van der Waals surface area contributed by atoms with Gasteiger partial charge in [0.15, 0.2) is 0 Å². The first-order valence-corrected chi connectivity index (χ1v) is 10.6. The molecule has 6 heteroatoms. The van der Waals surface area contributed by atoms with Crippen LogP contribution in [0.25, 0.3) is 0 Å². The Morgan fingerprint density at radius 2 is 1.85 bits per heavy atom. The smallest absolute Gasteiger partial charge is 0.262 e. The van der Waals surface area contributed by atoms with Crippen LogP contribution in [0.15, 0.2) is 77.0 Å². The number of amides is 2. The summed E-state index contributed by atoms with van der Waals surface area (Å²) in [6.07, 6.45) is 2.41. The summed E-state index contributed by atoms with van der Waals surface area (Å²) >= 11 is 2.96. The molecule has 0 radical (unpaired) electrons. The van der Waals surface area contributed by atoms with Gasteiger partial charge in [-0.1, -0.05) is 42.5 Å². The van der Waals surface area contributed by atoms with E-state index in [1.807, 2.05) is 72.3 Å². The van der Waals surface area contributed by atoms with Crippen molar-refractivity contribution in [1.82, 2.24) is 5.32 Å². The largest absolute Gasteiger partial charge is 0.339 e. The van der Waals surface area contributed by atoms with Crippen LogP contribution in [0.2, 0.25) is 0 Å². The van der Waals surface area contributed by atoms with Crippen molar-refractivity contribution in [3.63, 3.8) is 0 Å². The lowest BCUT2D eigenvalue weighted by molar-refractivity contribution is -0.118. The van der Waals surface area contributed by atoms with Crippen molar-refractivity contribution >= 4 is 40.6 Å². The lowest BCUT2D eigenvalue weighted by Crippen LogP contribution is -2.45. The number of hydrogen-bond acceptors (Lipinski definition) is 4. The number of carbonyl (C=O) groups excluding carboxylic acids is 2. The molecule has 1 unspecified atom stereocenters. The molecule has 0 aliphatic heterocycles. The zero-order valence-corrected chi connectivity index (χ0v) is 16.5. The highest BCUT2D eigenvalue weighted by Crippen LogP contribution is 2.19. The van der Waals surface area contributed by atoms with Gasteiger partial charge in [-0.25, -0.2) is 0 Å². The van der Waals surface area contributed by atoms with Crippen LogP contribution in [0.3, 0.4) is 0 Å². The van der Waals surface area contributed by atoms with E-state index in [-0.39, 0.29) is 11.8 Å². The van der Waals surface area contributed by atoms with Gasteiger partial charge in [-0.05, 0) is 41.5 Å². The van der Waals surface area contributed by atoms with E-state index in [1.54, 1.807) is 17.8 Å². The second-order valence-corrected chi connectivity index (χ2v) is 7.74. The SMILES string of the molecule is CSc1cccc(NC(=O)C(Cc2ccccc2)NC(=O)c2cccs2)c1. The molecule has 2 amide bonds. The molecule has 0 saturated carbocycles. The molecular formula is C21H20N2O2S2. The van der Waals surface area contributed by atoms with E-state index in [9.17, 15) is 9.59 Å². The van der Waals surface area contributed by atoms with Crippen LogP contribution in [-0.4, -0.2) is 24.1 Å². The molecule has 2 aromatic carbocycles. The molecule has 3 aromatic rings. The Balaban J connectivity index is 1.77. The molecule has 0 fully saturated rings. The topological polar surface area (TPSA) is 58.2 Å². The van der Waals surface area contributed by atoms with Crippen molar-refractivity contribution in [1.29, 1.82) is 0 Å². The molecule has 1 heterocycles. The second-order valence-electron chi connectivity index (χ2n) is 5.91. The third-order valence-corrected chi connectivity index (χ3v) is 5.58. The normalized spacial score (nSPS) is 11.6. The molecule has 1 aromatic heterocycles. The highest BCUT2D eigenvalue weighted by Gasteiger charge is 2.22. The third-order valence-electron chi connectivity index (χ3n) is 3.99. The van der Waals surface area contributed by atoms with E-state index >= 15 is 0 Å². The van der Waals surface area contributed by atoms with Crippen LogP contribution in [0.5, 0.6) is 0 Å². The van der Waals surface area contributed by atoms with Crippen LogP contribution in [0, 0.1) is 0 Å². The minimum Gasteiger partial charge on any atom is -0.339 e. The van der Waals surface area contributed by atoms with Crippen molar-refractivity contribution in [2.24, 2.45) is 0 Å². The Bertz CT molecular complexity index is 896. The van der Waals surface area contributed by atoms with Crippen molar-refractivity contribution in [2.45, 2.75) is 17.4 Å². The number of benzene rings is 2. The Morgan fingerprint density at radius 1 is 1.04 bits per heavy atom. The molecule has 0 bridgehead atoms. The molecule has 0 aliphatic carbocycles. The first-order chi connectivity index (χ1) is 13.2. The Kier molecular flexibility index (Phi) is 6.68. The van der Waals surface area contributed by atoms with Crippen LogP contribution < -0.4 is 10.6 Å². The first kappa shape index (κ1) is 19.2. The predicted molar refractivity (Wildman–Crippen MR) is 113 cm³/mol. The number of nitrogens with one attached hydrogen (secondary N) is 2. The van der Waals surface area contributed by atoms with Gasteiger partial charge < -0.3 is 10.6 Å².